The lowest BCUT2D eigenvalue weighted by molar-refractivity contribution is -0.286. The molecule has 176 valence electrons. The van der Waals surface area contributed by atoms with Crippen LogP contribution >= 0.6 is 0 Å². The van der Waals surface area contributed by atoms with E-state index in [4.69, 9.17) is 4.98 Å². The van der Waals surface area contributed by atoms with Crippen LogP contribution in [-0.4, -0.2) is 22.3 Å². The highest BCUT2D eigenvalue weighted by Gasteiger charge is 2.53. The molecule has 1 aliphatic heterocycles. The molecule has 35 heavy (non-hydrogen) atoms. The van der Waals surface area contributed by atoms with Crippen LogP contribution in [0.5, 0.6) is 11.5 Å². The second-order valence-electron chi connectivity index (χ2n) is 8.80. The van der Waals surface area contributed by atoms with Gasteiger partial charge in [-0.3, -0.25) is 4.79 Å². The number of ether oxygens (including phenoxy) is 2. The van der Waals surface area contributed by atoms with Gasteiger partial charge in [0.1, 0.15) is 5.82 Å². The summed E-state index contributed by atoms with van der Waals surface area (Å²) in [7, 11) is 0. The summed E-state index contributed by atoms with van der Waals surface area (Å²) in [6.45, 7) is -0.0515. The third-order valence-corrected chi connectivity index (χ3v) is 6.53. The molecule has 1 amide bonds. The van der Waals surface area contributed by atoms with Crippen molar-refractivity contribution in [2.75, 3.05) is 5.32 Å². The molecule has 0 radical (unpaired) electrons. The molecule has 6 nitrogen and oxygen atoms in total. The zero-order chi connectivity index (χ0) is 24.2. The maximum Gasteiger partial charge on any atom is 0.586 e. The lowest BCUT2D eigenvalue weighted by Crippen LogP contribution is -2.28. The lowest BCUT2D eigenvalue weighted by atomic mass is 9.94. The van der Waals surface area contributed by atoms with E-state index in [2.05, 4.69) is 14.8 Å². The highest BCUT2D eigenvalue weighted by atomic mass is 19.3. The van der Waals surface area contributed by atoms with Crippen LogP contribution in [0.3, 0.4) is 0 Å². The predicted octanol–water partition coefficient (Wildman–Crippen LogP) is 5.39. The number of benzene rings is 3. The fourth-order valence-corrected chi connectivity index (χ4v) is 4.51. The normalized spacial score (nSPS) is 16.8. The molecular weight excluding hydrogens is 454 g/mol. The summed E-state index contributed by atoms with van der Waals surface area (Å²) in [6.07, 6.45) is -2.55. The van der Waals surface area contributed by atoms with Crippen LogP contribution < -0.4 is 14.8 Å². The second kappa shape index (κ2) is 7.74. The molecule has 3 aromatic carbocycles. The maximum absolute atomic E-state index is 13.4. The number of hydrogen-bond donors (Lipinski definition) is 2. The van der Waals surface area contributed by atoms with E-state index in [-0.39, 0.29) is 24.0 Å². The molecule has 0 spiro atoms. The Bertz CT molecular complexity index is 1470. The van der Waals surface area contributed by atoms with E-state index in [1.54, 1.807) is 6.07 Å². The number of rotatable bonds is 5. The molecule has 0 bridgehead atoms. The zero-order valence-corrected chi connectivity index (χ0v) is 18.4. The van der Waals surface area contributed by atoms with Crippen molar-refractivity contribution in [2.24, 2.45) is 0 Å². The van der Waals surface area contributed by atoms with Crippen molar-refractivity contribution >= 4 is 22.5 Å². The first-order valence-corrected chi connectivity index (χ1v) is 11.2. The summed E-state index contributed by atoms with van der Waals surface area (Å²) >= 11 is 0. The van der Waals surface area contributed by atoms with E-state index >= 15 is 0 Å². The van der Waals surface area contributed by atoms with Crippen molar-refractivity contribution in [3.05, 3.63) is 83.9 Å². The quantitative estimate of drug-likeness (QED) is 0.406. The van der Waals surface area contributed by atoms with Gasteiger partial charge in [0.2, 0.25) is 5.91 Å². The van der Waals surface area contributed by atoms with Crippen molar-refractivity contribution in [1.82, 2.24) is 4.98 Å². The summed E-state index contributed by atoms with van der Waals surface area (Å²) in [5.74, 6) is 0.00741. The molecule has 0 unspecified atom stereocenters. The SMILES string of the molecule is O=C(Nc1cc2ccccc2c(-c2ccc(CO)cc2)n1)C1(c2ccc3c(c2)OC(F)(F)O3)CC1. The summed E-state index contributed by atoms with van der Waals surface area (Å²) in [4.78, 5) is 18.1. The van der Waals surface area contributed by atoms with E-state index in [0.717, 1.165) is 21.9 Å². The average molecular weight is 474 g/mol. The van der Waals surface area contributed by atoms with Crippen LogP contribution in [0.2, 0.25) is 0 Å². The summed E-state index contributed by atoms with van der Waals surface area (Å²) < 4.78 is 35.9. The number of anilines is 1. The molecule has 6 rings (SSSR count). The summed E-state index contributed by atoms with van der Waals surface area (Å²) in [5.41, 5.74) is 2.10. The van der Waals surface area contributed by atoms with Gasteiger partial charge in [0.15, 0.2) is 11.5 Å². The smallest absolute Gasteiger partial charge is 0.395 e. The number of carbonyl (C=O) groups excluding carboxylic acids is 1. The molecule has 0 atom stereocenters. The highest BCUT2D eigenvalue weighted by molar-refractivity contribution is 6.03. The molecule has 2 heterocycles. The molecule has 1 saturated carbocycles. The Labute approximate surface area is 199 Å². The monoisotopic (exact) mass is 474 g/mol. The molecule has 1 fully saturated rings. The minimum atomic E-state index is -3.71. The summed E-state index contributed by atoms with van der Waals surface area (Å²) in [6, 6.07) is 21.5. The van der Waals surface area contributed by atoms with Gasteiger partial charge in [-0.1, -0.05) is 54.6 Å². The van der Waals surface area contributed by atoms with Crippen LogP contribution in [0, 0.1) is 0 Å². The topological polar surface area (TPSA) is 80.7 Å². The van der Waals surface area contributed by atoms with Gasteiger partial charge in [0, 0.05) is 10.9 Å². The van der Waals surface area contributed by atoms with E-state index < -0.39 is 11.7 Å². The van der Waals surface area contributed by atoms with Gasteiger partial charge in [0.25, 0.3) is 0 Å². The molecule has 4 aromatic rings. The minimum absolute atomic E-state index is 0.0515. The van der Waals surface area contributed by atoms with Crippen LogP contribution in [-0.2, 0) is 16.8 Å². The van der Waals surface area contributed by atoms with Gasteiger partial charge < -0.3 is 19.9 Å². The van der Waals surface area contributed by atoms with Crippen molar-refractivity contribution in [1.29, 1.82) is 0 Å². The van der Waals surface area contributed by atoms with Gasteiger partial charge in [-0.05, 0) is 47.6 Å². The van der Waals surface area contributed by atoms with Gasteiger partial charge in [-0.25, -0.2) is 4.98 Å². The maximum atomic E-state index is 13.4. The Morgan fingerprint density at radius 1 is 0.971 bits per heavy atom. The first-order valence-electron chi connectivity index (χ1n) is 11.2. The molecule has 1 aromatic heterocycles. The molecule has 2 aliphatic rings. The second-order valence-corrected chi connectivity index (χ2v) is 8.80. The van der Waals surface area contributed by atoms with Crippen LogP contribution in [0.1, 0.15) is 24.0 Å². The number of pyridine rings is 1. The Morgan fingerprint density at radius 3 is 2.46 bits per heavy atom. The van der Waals surface area contributed by atoms with E-state index in [1.165, 1.54) is 12.1 Å². The minimum Gasteiger partial charge on any atom is -0.395 e. The standard InChI is InChI=1S/C27H20F2N2O4/c28-27(29)34-21-10-9-19(14-22(21)35-27)26(11-12-26)25(33)31-23-13-18-3-1-2-4-20(18)24(30-23)17-7-5-16(15-32)6-8-17/h1-10,13-14,32H,11-12,15H2,(H,30,31,33). The number of amides is 1. The van der Waals surface area contributed by atoms with Crippen molar-refractivity contribution in [3.63, 3.8) is 0 Å². The number of carbonyl (C=O) groups is 1. The van der Waals surface area contributed by atoms with Crippen LogP contribution in [0.4, 0.5) is 14.6 Å². The number of nitrogens with one attached hydrogen (secondary N) is 1. The molecule has 2 N–H and O–H groups in total. The van der Waals surface area contributed by atoms with Crippen LogP contribution in [0.15, 0.2) is 72.8 Å². The molecule has 8 heteroatoms. The Hall–Kier alpha value is -4.04. The van der Waals surface area contributed by atoms with Crippen molar-refractivity contribution in [2.45, 2.75) is 31.2 Å². The van der Waals surface area contributed by atoms with E-state index in [0.29, 0.717) is 29.9 Å². The number of aromatic nitrogens is 1. The van der Waals surface area contributed by atoms with Crippen molar-refractivity contribution < 1.29 is 28.2 Å². The lowest BCUT2D eigenvalue weighted by Gasteiger charge is -2.17. The Kier molecular flexibility index (Phi) is 4.76. The number of alkyl halides is 2. The largest absolute Gasteiger partial charge is 0.586 e. The first kappa shape index (κ1) is 21.5. The fraction of sp³-hybridized carbons (Fsp3) is 0.185. The molecule has 0 saturated heterocycles. The number of halogens is 2. The Morgan fingerprint density at radius 2 is 1.71 bits per heavy atom. The van der Waals surface area contributed by atoms with Crippen LogP contribution in [0.25, 0.3) is 22.0 Å². The van der Waals surface area contributed by atoms with E-state index in [9.17, 15) is 18.7 Å². The number of fused-ring (bicyclic) bond motifs is 2. The predicted molar refractivity (Wildman–Crippen MR) is 125 cm³/mol. The fourth-order valence-electron chi connectivity index (χ4n) is 4.51. The number of nitrogens with zero attached hydrogens (tertiary/aromatic N) is 1. The van der Waals surface area contributed by atoms with Crippen molar-refractivity contribution in [3.8, 4) is 22.8 Å². The third kappa shape index (κ3) is 3.76. The first-order chi connectivity index (χ1) is 16.9. The van der Waals surface area contributed by atoms with Gasteiger partial charge in [-0.15, -0.1) is 8.78 Å². The Balaban J connectivity index is 1.33. The third-order valence-electron chi connectivity index (χ3n) is 6.53. The highest BCUT2D eigenvalue weighted by Crippen LogP contribution is 2.52. The molecular formula is C27H20F2N2O4. The van der Waals surface area contributed by atoms with Gasteiger partial charge >= 0.3 is 6.29 Å². The van der Waals surface area contributed by atoms with Gasteiger partial charge in [-0.2, -0.15) is 0 Å². The molecule has 1 aliphatic carbocycles. The number of aliphatic hydroxyl groups excluding tert-OH is 1. The number of aliphatic hydroxyl groups is 1. The summed E-state index contributed by atoms with van der Waals surface area (Å²) in [5, 5.41) is 14.1. The average Bonchev–Trinajstić information content (AvgIpc) is 3.60. The zero-order valence-electron chi connectivity index (χ0n) is 18.4. The van der Waals surface area contributed by atoms with E-state index in [1.807, 2.05) is 54.6 Å². The number of hydrogen-bond acceptors (Lipinski definition) is 5. The van der Waals surface area contributed by atoms with Gasteiger partial charge in [0.05, 0.1) is 17.7 Å².